The van der Waals surface area contributed by atoms with Gasteiger partial charge in [-0.15, -0.1) is 0 Å². The first-order valence-corrected chi connectivity index (χ1v) is 7.99. The number of likely N-dealkylation sites (tertiary alicyclic amines) is 1. The summed E-state index contributed by atoms with van der Waals surface area (Å²) in [5.41, 5.74) is 5.68. The van der Waals surface area contributed by atoms with Crippen molar-refractivity contribution in [1.29, 1.82) is 0 Å². The zero-order valence-electron chi connectivity index (χ0n) is 12.3. The lowest BCUT2D eigenvalue weighted by Gasteiger charge is -2.32. The van der Waals surface area contributed by atoms with Crippen LogP contribution in [0.25, 0.3) is 0 Å². The van der Waals surface area contributed by atoms with Crippen LogP contribution in [0.1, 0.15) is 25.7 Å². The van der Waals surface area contributed by atoms with Crippen molar-refractivity contribution in [2.45, 2.75) is 31.7 Å². The lowest BCUT2D eigenvalue weighted by Crippen LogP contribution is -2.40. The number of nitro groups is 1. The van der Waals surface area contributed by atoms with E-state index in [1.165, 1.54) is 25.6 Å². The van der Waals surface area contributed by atoms with Crippen LogP contribution in [0.3, 0.4) is 0 Å². The fourth-order valence-corrected chi connectivity index (χ4v) is 3.14. The number of pyridine rings is 1. The molecule has 0 aromatic carbocycles. The highest BCUT2D eigenvalue weighted by Crippen LogP contribution is 2.37. The largest absolute Gasteiger partial charge is 0.378 e. The van der Waals surface area contributed by atoms with Gasteiger partial charge >= 0.3 is 5.69 Å². The average Bonchev–Trinajstić information content (AvgIpc) is 3.28. The van der Waals surface area contributed by atoms with Gasteiger partial charge in [0.1, 0.15) is 5.69 Å². The maximum Gasteiger partial charge on any atom is 0.335 e. The van der Waals surface area contributed by atoms with Crippen LogP contribution >= 0.6 is 11.6 Å². The topological polar surface area (TPSA) is 97.3 Å². The molecule has 120 valence electrons. The molecule has 1 saturated heterocycles. The first-order chi connectivity index (χ1) is 10.5. The highest BCUT2D eigenvalue weighted by molar-refractivity contribution is 6.33. The number of nitrogens with zero attached hydrogens (tertiary/aromatic N) is 3. The molecule has 0 atom stereocenters. The highest BCUT2D eigenvalue weighted by Gasteiger charge is 2.29. The third-order valence-corrected chi connectivity index (χ3v) is 4.65. The Balaban J connectivity index is 1.66. The number of hydrogen-bond donors (Lipinski definition) is 2. The van der Waals surface area contributed by atoms with Crippen LogP contribution in [0, 0.1) is 16.0 Å². The van der Waals surface area contributed by atoms with Crippen molar-refractivity contribution in [1.82, 2.24) is 9.88 Å². The van der Waals surface area contributed by atoms with Gasteiger partial charge in [-0.25, -0.2) is 4.98 Å². The number of hydrogen-bond acceptors (Lipinski definition) is 6. The number of piperidine rings is 1. The summed E-state index contributed by atoms with van der Waals surface area (Å²) in [6.07, 6.45) is 5.96. The summed E-state index contributed by atoms with van der Waals surface area (Å²) in [6, 6.07) is 0.174. The van der Waals surface area contributed by atoms with Gasteiger partial charge in [-0.2, -0.15) is 0 Å². The molecule has 2 aliphatic rings. The summed E-state index contributed by atoms with van der Waals surface area (Å²) in [6.45, 7) is 3.22. The number of nitrogen functional groups attached to an aromatic ring is 1. The minimum Gasteiger partial charge on any atom is -0.378 e. The number of rotatable bonds is 5. The van der Waals surface area contributed by atoms with Gasteiger partial charge in [-0.05, 0) is 31.6 Å². The fourth-order valence-electron chi connectivity index (χ4n) is 2.94. The summed E-state index contributed by atoms with van der Waals surface area (Å²) in [5, 5.41) is 14.6. The van der Waals surface area contributed by atoms with Crippen LogP contribution in [0.2, 0.25) is 5.02 Å². The highest BCUT2D eigenvalue weighted by atomic mass is 35.5. The molecule has 2 fully saturated rings. The van der Waals surface area contributed by atoms with E-state index >= 15 is 0 Å². The van der Waals surface area contributed by atoms with Crippen molar-refractivity contribution in [3.63, 3.8) is 0 Å². The number of anilines is 2. The molecular weight excluding hydrogens is 306 g/mol. The SMILES string of the molecule is Nc1ncc(Cl)c(NC2CCN(CC3CC3)CC2)c1[N+](=O)[O-]. The third kappa shape index (κ3) is 3.41. The molecular formula is C14H20ClN5O2. The van der Waals surface area contributed by atoms with Crippen LogP contribution in [0.5, 0.6) is 0 Å². The fraction of sp³-hybridized carbons (Fsp3) is 0.643. The molecule has 3 N–H and O–H groups in total. The molecule has 1 aromatic rings. The minimum atomic E-state index is -0.529. The number of aromatic nitrogens is 1. The normalized spacial score (nSPS) is 20.0. The van der Waals surface area contributed by atoms with Crippen molar-refractivity contribution in [2.75, 3.05) is 30.7 Å². The molecule has 1 aliphatic carbocycles. The monoisotopic (exact) mass is 325 g/mol. The zero-order valence-corrected chi connectivity index (χ0v) is 13.1. The molecule has 0 amide bonds. The van der Waals surface area contributed by atoms with E-state index in [2.05, 4.69) is 15.2 Å². The maximum atomic E-state index is 11.2. The second-order valence-corrected chi connectivity index (χ2v) is 6.54. The maximum absolute atomic E-state index is 11.2. The van der Waals surface area contributed by atoms with E-state index in [0.717, 1.165) is 31.8 Å². The second kappa shape index (κ2) is 6.26. The molecule has 1 saturated carbocycles. The van der Waals surface area contributed by atoms with Crippen molar-refractivity contribution in [2.24, 2.45) is 5.92 Å². The Kier molecular flexibility index (Phi) is 4.35. The van der Waals surface area contributed by atoms with E-state index in [1.807, 2.05) is 0 Å². The second-order valence-electron chi connectivity index (χ2n) is 6.13. The van der Waals surface area contributed by atoms with Gasteiger partial charge in [0.05, 0.1) is 16.1 Å². The zero-order chi connectivity index (χ0) is 15.7. The quantitative estimate of drug-likeness (QED) is 0.637. The van der Waals surface area contributed by atoms with Gasteiger partial charge < -0.3 is 16.0 Å². The lowest BCUT2D eigenvalue weighted by molar-refractivity contribution is -0.383. The third-order valence-electron chi connectivity index (χ3n) is 4.37. The van der Waals surface area contributed by atoms with E-state index in [9.17, 15) is 10.1 Å². The smallest absolute Gasteiger partial charge is 0.335 e. The summed E-state index contributed by atoms with van der Waals surface area (Å²) in [5.74, 6) is 0.781. The minimum absolute atomic E-state index is 0.108. The van der Waals surface area contributed by atoms with Crippen LogP contribution in [-0.4, -0.2) is 40.5 Å². The molecule has 1 aromatic heterocycles. The molecule has 7 nitrogen and oxygen atoms in total. The van der Waals surface area contributed by atoms with Crippen molar-refractivity contribution in [3.05, 3.63) is 21.3 Å². The predicted octanol–water partition coefficient (Wildman–Crippen LogP) is 2.51. The molecule has 2 heterocycles. The molecule has 8 heteroatoms. The van der Waals surface area contributed by atoms with Gasteiger partial charge in [0.2, 0.25) is 5.82 Å². The van der Waals surface area contributed by atoms with Crippen LogP contribution in [0.15, 0.2) is 6.20 Å². The lowest BCUT2D eigenvalue weighted by atomic mass is 10.0. The number of halogens is 1. The van der Waals surface area contributed by atoms with Crippen molar-refractivity contribution < 1.29 is 4.92 Å². The van der Waals surface area contributed by atoms with E-state index in [-0.39, 0.29) is 22.6 Å². The van der Waals surface area contributed by atoms with Gasteiger partial charge in [0, 0.05) is 25.7 Å². The summed E-state index contributed by atoms with van der Waals surface area (Å²) in [4.78, 5) is 16.9. The Labute approximate surface area is 134 Å². The number of nitrogens with one attached hydrogen (secondary N) is 1. The molecule has 0 spiro atoms. The summed E-state index contributed by atoms with van der Waals surface area (Å²) < 4.78 is 0. The molecule has 0 radical (unpaired) electrons. The average molecular weight is 326 g/mol. The van der Waals surface area contributed by atoms with Crippen LogP contribution in [-0.2, 0) is 0 Å². The Morgan fingerprint density at radius 1 is 1.41 bits per heavy atom. The van der Waals surface area contributed by atoms with Gasteiger partial charge in [0.15, 0.2) is 0 Å². The van der Waals surface area contributed by atoms with Gasteiger partial charge in [-0.3, -0.25) is 10.1 Å². The first-order valence-electron chi connectivity index (χ1n) is 7.62. The Bertz CT molecular complexity index is 571. The van der Waals surface area contributed by atoms with E-state index in [1.54, 1.807) is 0 Å². The molecule has 1 aliphatic heterocycles. The van der Waals surface area contributed by atoms with Gasteiger partial charge in [0.25, 0.3) is 0 Å². The van der Waals surface area contributed by atoms with Crippen molar-refractivity contribution >= 4 is 28.8 Å². The van der Waals surface area contributed by atoms with E-state index in [4.69, 9.17) is 17.3 Å². The van der Waals surface area contributed by atoms with E-state index < -0.39 is 4.92 Å². The van der Waals surface area contributed by atoms with Crippen LogP contribution < -0.4 is 11.1 Å². The van der Waals surface area contributed by atoms with Gasteiger partial charge in [-0.1, -0.05) is 11.6 Å². The summed E-state index contributed by atoms with van der Waals surface area (Å²) in [7, 11) is 0. The molecule has 0 bridgehead atoms. The molecule has 22 heavy (non-hydrogen) atoms. The molecule has 0 unspecified atom stereocenters. The standard InChI is InChI=1S/C14H20ClN5O2/c15-11-7-17-14(16)13(20(21)22)12(11)18-10-3-5-19(6-4-10)8-9-1-2-9/h7,9-10H,1-6,8H2,(H3,16,17,18). The first kappa shape index (κ1) is 15.3. The Morgan fingerprint density at radius 2 is 2.09 bits per heavy atom. The number of nitrogens with two attached hydrogens (primary N) is 1. The Hall–Kier alpha value is -1.60. The Morgan fingerprint density at radius 3 is 2.68 bits per heavy atom. The molecule has 3 rings (SSSR count). The van der Waals surface area contributed by atoms with E-state index in [0.29, 0.717) is 5.69 Å². The summed E-state index contributed by atoms with van der Waals surface area (Å²) >= 11 is 6.08. The van der Waals surface area contributed by atoms with Crippen LogP contribution in [0.4, 0.5) is 17.2 Å². The van der Waals surface area contributed by atoms with Crippen molar-refractivity contribution in [3.8, 4) is 0 Å². The predicted molar refractivity (Wildman–Crippen MR) is 86.1 cm³/mol.